The van der Waals surface area contributed by atoms with E-state index in [9.17, 15) is 22.0 Å². The molecule has 4 rings (SSSR count). The van der Waals surface area contributed by atoms with Gasteiger partial charge in [-0.25, -0.2) is 21.9 Å². The SMILES string of the molecule is CNS(=O)(=O)c1ccc(CC(=O)Nc2ccc(-c3cccc(F)c3)c(Oc3cccc(F)c3)c2)cc1. The Balaban J connectivity index is 1.57. The third-order valence-corrected chi connectivity index (χ3v) is 6.72. The van der Waals surface area contributed by atoms with Crippen molar-refractivity contribution in [3.05, 3.63) is 108 Å². The van der Waals surface area contributed by atoms with Crippen LogP contribution in [-0.4, -0.2) is 21.4 Å². The summed E-state index contributed by atoms with van der Waals surface area (Å²) in [7, 11) is -2.24. The van der Waals surface area contributed by atoms with Crippen molar-refractivity contribution in [1.82, 2.24) is 4.72 Å². The standard InChI is InChI=1S/C27H22F2N2O4S/c1-30-36(33,34)24-11-8-18(9-12-24)14-27(32)31-22-10-13-25(19-4-2-5-20(28)15-19)26(17-22)35-23-7-3-6-21(29)16-23/h2-13,15-17,30H,14H2,1H3,(H,31,32). The van der Waals surface area contributed by atoms with Crippen molar-refractivity contribution in [2.45, 2.75) is 11.3 Å². The van der Waals surface area contributed by atoms with E-state index in [-0.39, 0.29) is 23.0 Å². The van der Waals surface area contributed by atoms with Crippen LogP contribution in [0.1, 0.15) is 5.56 Å². The average Bonchev–Trinajstić information content (AvgIpc) is 2.84. The van der Waals surface area contributed by atoms with E-state index < -0.39 is 21.7 Å². The molecule has 0 heterocycles. The first-order valence-electron chi connectivity index (χ1n) is 10.9. The van der Waals surface area contributed by atoms with Crippen molar-refractivity contribution in [2.75, 3.05) is 12.4 Å². The van der Waals surface area contributed by atoms with Crippen LogP contribution in [0, 0.1) is 11.6 Å². The maximum Gasteiger partial charge on any atom is 0.240 e. The van der Waals surface area contributed by atoms with Gasteiger partial charge in [-0.2, -0.15) is 0 Å². The molecule has 0 bridgehead atoms. The van der Waals surface area contributed by atoms with Gasteiger partial charge in [0.1, 0.15) is 23.1 Å². The Bertz CT molecular complexity index is 1510. The third-order valence-electron chi connectivity index (χ3n) is 5.29. The number of hydrogen-bond acceptors (Lipinski definition) is 4. The molecular weight excluding hydrogens is 486 g/mol. The van der Waals surface area contributed by atoms with E-state index in [1.165, 1.54) is 49.5 Å². The molecule has 0 fully saturated rings. The average molecular weight is 509 g/mol. The number of anilines is 1. The first kappa shape index (κ1) is 25.0. The van der Waals surface area contributed by atoms with Gasteiger partial charge in [0.25, 0.3) is 0 Å². The smallest absolute Gasteiger partial charge is 0.240 e. The van der Waals surface area contributed by atoms with Crippen LogP contribution in [0.2, 0.25) is 0 Å². The van der Waals surface area contributed by atoms with Crippen LogP contribution < -0.4 is 14.8 Å². The summed E-state index contributed by atoms with van der Waals surface area (Å²) in [4.78, 5) is 12.8. The summed E-state index contributed by atoms with van der Waals surface area (Å²) < 4.78 is 59.4. The van der Waals surface area contributed by atoms with E-state index in [2.05, 4.69) is 10.0 Å². The highest BCUT2D eigenvalue weighted by Crippen LogP contribution is 2.36. The highest BCUT2D eigenvalue weighted by Gasteiger charge is 2.14. The second-order valence-electron chi connectivity index (χ2n) is 7.86. The second-order valence-corrected chi connectivity index (χ2v) is 9.74. The summed E-state index contributed by atoms with van der Waals surface area (Å²) in [5.74, 6) is -0.694. The Morgan fingerprint density at radius 3 is 2.22 bits per heavy atom. The van der Waals surface area contributed by atoms with E-state index in [0.717, 1.165) is 0 Å². The summed E-state index contributed by atoms with van der Waals surface area (Å²) in [5.41, 5.74) is 2.14. The molecule has 4 aromatic rings. The molecule has 0 atom stereocenters. The molecule has 2 N–H and O–H groups in total. The van der Waals surface area contributed by atoms with Crippen LogP contribution in [0.25, 0.3) is 11.1 Å². The number of carbonyl (C=O) groups is 1. The Kier molecular flexibility index (Phi) is 7.42. The molecule has 6 nitrogen and oxygen atoms in total. The van der Waals surface area contributed by atoms with Gasteiger partial charge in [0.15, 0.2) is 0 Å². The monoisotopic (exact) mass is 508 g/mol. The van der Waals surface area contributed by atoms with E-state index in [1.807, 2.05) is 0 Å². The molecule has 1 amide bonds. The van der Waals surface area contributed by atoms with Crippen LogP contribution in [-0.2, 0) is 21.2 Å². The molecule has 0 aliphatic carbocycles. The Morgan fingerprint density at radius 2 is 1.56 bits per heavy atom. The summed E-state index contributed by atoms with van der Waals surface area (Å²) in [6.45, 7) is 0. The number of rotatable bonds is 8. The highest BCUT2D eigenvalue weighted by molar-refractivity contribution is 7.89. The lowest BCUT2D eigenvalue weighted by Gasteiger charge is -2.14. The van der Waals surface area contributed by atoms with Gasteiger partial charge in [0.2, 0.25) is 15.9 Å². The number of halogens is 2. The van der Waals surface area contributed by atoms with Gasteiger partial charge >= 0.3 is 0 Å². The number of sulfonamides is 1. The van der Waals surface area contributed by atoms with E-state index in [1.54, 1.807) is 48.5 Å². The molecule has 0 saturated carbocycles. The zero-order chi connectivity index (χ0) is 25.7. The van der Waals surface area contributed by atoms with Crippen molar-refractivity contribution in [1.29, 1.82) is 0 Å². The molecular formula is C27H22F2N2O4S. The van der Waals surface area contributed by atoms with Crippen molar-refractivity contribution < 1.29 is 26.7 Å². The summed E-state index contributed by atoms with van der Waals surface area (Å²) in [5, 5.41) is 2.78. The van der Waals surface area contributed by atoms with Gasteiger partial charge in [-0.3, -0.25) is 4.79 Å². The summed E-state index contributed by atoms with van der Waals surface area (Å²) >= 11 is 0. The number of ether oxygens (including phenoxy) is 1. The Labute approximate surface area is 207 Å². The molecule has 36 heavy (non-hydrogen) atoms. The second kappa shape index (κ2) is 10.7. The predicted octanol–water partition coefficient (Wildman–Crippen LogP) is 5.51. The Hall–Kier alpha value is -4.08. The summed E-state index contributed by atoms with van der Waals surface area (Å²) in [6, 6.07) is 22.4. The molecule has 0 radical (unpaired) electrons. The number of hydrogen-bond donors (Lipinski definition) is 2. The zero-order valence-corrected chi connectivity index (χ0v) is 20.0. The molecule has 0 unspecified atom stereocenters. The van der Waals surface area contributed by atoms with Crippen LogP contribution in [0.15, 0.2) is 95.9 Å². The van der Waals surface area contributed by atoms with Crippen molar-refractivity contribution in [2.24, 2.45) is 0 Å². The minimum atomic E-state index is -3.57. The fraction of sp³-hybridized carbons (Fsp3) is 0.0741. The fourth-order valence-electron chi connectivity index (χ4n) is 3.53. The number of amides is 1. The number of nitrogens with one attached hydrogen (secondary N) is 2. The molecule has 4 aromatic carbocycles. The lowest BCUT2D eigenvalue weighted by atomic mass is 10.0. The first-order valence-corrected chi connectivity index (χ1v) is 12.4. The maximum absolute atomic E-state index is 13.8. The van der Waals surface area contributed by atoms with Gasteiger partial charge in [-0.15, -0.1) is 0 Å². The lowest BCUT2D eigenvalue weighted by Crippen LogP contribution is -2.18. The fourth-order valence-corrected chi connectivity index (χ4v) is 4.26. The first-order chi connectivity index (χ1) is 17.2. The quantitative estimate of drug-likeness (QED) is 0.329. The maximum atomic E-state index is 13.8. The van der Waals surface area contributed by atoms with Gasteiger partial charge in [0, 0.05) is 23.4 Å². The normalized spacial score (nSPS) is 11.2. The number of carbonyl (C=O) groups excluding carboxylic acids is 1. The van der Waals surface area contributed by atoms with Gasteiger partial charge in [-0.05, 0) is 66.7 Å². The van der Waals surface area contributed by atoms with Crippen LogP contribution >= 0.6 is 0 Å². The summed E-state index contributed by atoms with van der Waals surface area (Å²) in [6.07, 6.45) is 0.00557. The zero-order valence-electron chi connectivity index (χ0n) is 19.2. The topological polar surface area (TPSA) is 84.5 Å². The molecule has 0 spiro atoms. The highest BCUT2D eigenvalue weighted by atomic mass is 32.2. The molecule has 0 aromatic heterocycles. The molecule has 9 heteroatoms. The number of benzene rings is 4. The lowest BCUT2D eigenvalue weighted by molar-refractivity contribution is -0.115. The van der Waals surface area contributed by atoms with Crippen molar-refractivity contribution in [3.8, 4) is 22.6 Å². The van der Waals surface area contributed by atoms with Crippen molar-refractivity contribution in [3.63, 3.8) is 0 Å². The minimum absolute atomic E-state index is 0.00557. The Morgan fingerprint density at radius 1 is 0.861 bits per heavy atom. The van der Waals surface area contributed by atoms with E-state index >= 15 is 0 Å². The molecule has 0 aliphatic heterocycles. The third kappa shape index (κ3) is 6.12. The van der Waals surface area contributed by atoms with Gasteiger partial charge < -0.3 is 10.1 Å². The van der Waals surface area contributed by atoms with Gasteiger partial charge in [0.05, 0.1) is 11.3 Å². The van der Waals surface area contributed by atoms with E-state index in [4.69, 9.17) is 4.74 Å². The molecule has 0 saturated heterocycles. The minimum Gasteiger partial charge on any atom is -0.457 e. The molecule has 0 aliphatic rings. The van der Waals surface area contributed by atoms with E-state index in [0.29, 0.717) is 28.1 Å². The molecule has 184 valence electrons. The van der Waals surface area contributed by atoms with Crippen LogP contribution in [0.5, 0.6) is 11.5 Å². The van der Waals surface area contributed by atoms with Crippen LogP contribution in [0.3, 0.4) is 0 Å². The predicted molar refractivity (Wildman–Crippen MR) is 133 cm³/mol. The van der Waals surface area contributed by atoms with Crippen molar-refractivity contribution >= 4 is 21.6 Å². The largest absolute Gasteiger partial charge is 0.457 e. The van der Waals surface area contributed by atoms with Crippen LogP contribution in [0.4, 0.5) is 14.5 Å². The van der Waals surface area contributed by atoms with Gasteiger partial charge in [-0.1, -0.05) is 30.3 Å².